The number of aryl methyl sites for hydroxylation is 1. The van der Waals surface area contributed by atoms with Crippen LogP contribution >= 0.6 is 12.6 Å². The number of rotatable bonds is 2. The van der Waals surface area contributed by atoms with Gasteiger partial charge in [-0.15, -0.1) is 0 Å². The Bertz CT molecular complexity index is 222. The lowest BCUT2D eigenvalue weighted by Crippen LogP contribution is -1.86. The minimum atomic E-state index is 0.393. The zero-order chi connectivity index (χ0) is 7.56. The van der Waals surface area contributed by atoms with Crippen molar-refractivity contribution < 1.29 is 9.15 Å². The van der Waals surface area contributed by atoms with Crippen LogP contribution in [0.2, 0.25) is 0 Å². The summed E-state index contributed by atoms with van der Waals surface area (Å²) in [6.07, 6.45) is 0. The fraction of sp³-hybridized carbons (Fsp3) is 0.500. The normalized spacial score (nSPS) is 10.3. The van der Waals surface area contributed by atoms with Gasteiger partial charge in [0.15, 0.2) is 5.76 Å². The fourth-order valence-electron chi connectivity index (χ4n) is 0.678. The molecule has 1 heterocycles. The van der Waals surface area contributed by atoms with Gasteiger partial charge in [0.2, 0.25) is 0 Å². The molecule has 0 saturated heterocycles. The molecule has 0 atom stereocenters. The van der Waals surface area contributed by atoms with Crippen LogP contribution < -0.4 is 0 Å². The molecule has 0 aliphatic carbocycles. The molecule has 0 bridgehead atoms. The molecule has 4 heteroatoms. The van der Waals surface area contributed by atoms with Crippen LogP contribution in [0.4, 0.5) is 0 Å². The number of hydrogen-bond acceptors (Lipinski definition) is 4. The summed E-state index contributed by atoms with van der Waals surface area (Å²) in [5.41, 5.74) is 0.840. The largest absolute Gasteiger partial charge is 0.434 e. The Morgan fingerprint density at radius 3 is 2.80 bits per heavy atom. The Hall–Kier alpha value is -0.480. The molecule has 0 unspecified atom stereocenters. The highest BCUT2D eigenvalue weighted by molar-refractivity contribution is 7.80. The first-order valence-corrected chi connectivity index (χ1v) is 3.33. The van der Waals surface area contributed by atoms with Gasteiger partial charge in [0.05, 0.1) is 5.69 Å². The van der Waals surface area contributed by atoms with E-state index in [1.165, 1.54) is 0 Å². The van der Waals surface area contributed by atoms with Gasteiger partial charge in [-0.3, -0.25) is 0 Å². The molecule has 0 spiro atoms. The molecule has 0 aliphatic rings. The first-order chi connectivity index (χ1) is 4.74. The van der Waals surface area contributed by atoms with E-state index in [1.807, 2.05) is 6.92 Å². The monoisotopic (exact) mass is 159 g/mol. The van der Waals surface area contributed by atoms with Crippen molar-refractivity contribution >= 4 is 12.6 Å². The van der Waals surface area contributed by atoms with Crippen molar-refractivity contribution in [1.29, 1.82) is 0 Å². The van der Waals surface area contributed by atoms with Crippen molar-refractivity contribution in [3.05, 3.63) is 11.5 Å². The molecule has 56 valence electrons. The molecule has 1 aromatic rings. The van der Waals surface area contributed by atoms with Crippen molar-refractivity contribution in [2.45, 2.75) is 18.8 Å². The molecule has 0 aromatic carbocycles. The Balaban J connectivity index is 2.81. The molecule has 1 aromatic heterocycles. The average Bonchev–Trinajstić information content (AvgIpc) is 2.13. The Morgan fingerprint density at radius 1 is 1.70 bits per heavy atom. The van der Waals surface area contributed by atoms with Crippen molar-refractivity contribution in [2.75, 3.05) is 7.11 Å². The van der Waals surface area contributed by atoms with E-state index in [2.05, 4.69) is 17.6 Å². The predicted octanol–water partition coefficient (Wildman–Crippen LogP) is 1.42. The van der Waals surface area contributed by atoms with Crippen LogP contribution in [0.3, 0.4) is 0 Å². The summed E-state index contributed by atoms with van der Waals surface area (Å²) >= 11 is 3.93. The third-order valence-corrected chi connectivity index (χ3v) is 1.35. The zero-order valence-corrected chi connectivity index (χ0v) is 6.81. The third-order valence-electron chi connectivity index (χ3n) is 1.16. The highest BCUT2D eigenvalue weighted by Gasteiger charge is 2.04. The molecular weight excluding hydrogens is 150 g/mol. The molecule has 0 fully saturated rings. The van der Waals surface area contributed by atoms with E-state index in [0.29, 0.717) is 11.8 Å². The zero-order valence-electron chi connectivity index (χ0n) is 5.92. The van der Waals surface area contributed by atoms with E-state index >= 15 is 0 Å². The topological polar surface area (TPSA) is 35.3 Å². The fourth-order valence-corrected chi connectivity index (χ4v) is 0.938. The molecule has 1 rings (SSSR count). The second-order valence-electron chi connectivity index (χ2n) is 1.94. The average molecular weight is 159 g/mol. The van der Waals surface area contributed by atoms with Crippen LogP contribution in [-0.2, 0) is 11.3 Å². The SMILES string of the molecule is COCc1oc(S)nc1C. The molecule has 3 nitrogen and oxygen atoms in total. The summed E-state index contributed by atoms with van der Waals surface area (Å²) < 4.78 is 9.94. The van der Waals surface area contributed by atoms with E-state index < -0.39 is 0 Å². The summed E-state index contributed by atoms with van der Waals surface area (Å²) in [5.74, 6) is 0.743. The Labute approximate surface area is 64.8 Å². The summed E-state index contributed by atoms with van der Waals surface area (Å²) in [5, 5.41) is 0.393. The molecule has 0 amide bonds. The van der Waals surface area contributed by atoms with Crippen molar-refractivity contribution in [1.82, 2.24) is 4.98 Å². The van der Waals surface area contributed by atoms with Gasteiger partial charge in [-0.2, -0.15) is 0 Å². The van der Waals surface area contributed by atoms with E-state index in [-0.39, 0.29) is 0 Å². The first kappa shape index (κ1) is 7.63. The van der Waals surface area contributed by atoms with Gasteiger partial charge in [-0.05, 0) is 6.92 Å². The van der Waals surface area contributed by atoms with Crippen molar-refractivity contribution in [3.8, 4) is 0 Å². The maximum absolute atomic E-state index is 5.08. The Kier molecular flexibility index (Phi) is 2.34. The van der Waals surface area contributed by atoms with Gasteiger partial charge in [0.25, 0.3) is 5.22 Å². The van der Waals surface area contributed by atoms with E-state index in [4.69, 9.17) is 9.15 Å². The number of methoxy groups -OCH3 is 1. The second-order valence-corrected chi connectivity index (χ2v) is 2.32. The van der Waals surface area contributed by atoms with Crippen LogP contribution in [-0.4, -0.2) is 12.1 Å². The van der Waals surface area contributed by atoms with Crippen LogP contribution in [0, 0.1) is 6.92 Å². The summed E-state index contributed by atoms with van der Waals surface area (Å²) in [6.45, 7) is 2.32. The smallest absolute Gasteiger partial charge is 0.252 e. The number of hydrogen-bond donors (Lipinski definition) is 1. The predicted molar refractivity (Wildman–Crippen MR) is 39.2 cm³/mol. The maximum atomic E-state index is 5.08. The third kappa shape index (κ3) is 1.52. The highest BCUT2D eigenvalue weighted by Crippen LogP contribution is 2.12. The second kappa shape index (κ2) is 3.07. The molecule has 10 heavy (non-hydrogen) atoms. The minimum Gasteiger partial charge on any atom is -0.434 e. The quantitative estimate of drug-likeness (QED) is 0.663. The van der Waals surface area contributed by atoms with E-state index in [0.717, 1.165) is 11.5 Å². The van der Waals surface area contributed by atoms with Crippen LogP contribution in [0.1, 0.15) is 11.5 Å². The lowest BCUT2D eigenvalue weighted by molar-refractivity contribution is 0.159. The molecule has 0 N–H and O–H groups in total. The number of nitrogens with zero attached hydrogens (tertiary/aromatic N) is 1. The van der Waals surface area contributed by atoms with Crippen LogP contribution in [0.15, 0.2) is 9.64 Å². The molecule has 0 saturated carbocycles. The summed E-state index contributed by atoms with van der Waals surface area (Å²) in [7, 11) is 1.61. The number of ether oxygens (including phenoxy) is 1. The van der Waals surface area contributed by atoms with Crippen molar-refractivity contribution in [2.24, 2.45) is 0 Å². The Morgan fingerprint density at radius 2 is 2.40 bits per heavy atom. The number of thiol groups is 1. The van der Waals surface area contributed by atoms with Gasteiger partial charge in [-0.1, -0.05) is 12.6 Å². The van der Waals surface area contributed by atoms with Crippen molar-refractivity contribution in [3.63, 3.8) is 0 Å². The molecular formula is C6H9NO2S. The maximum Gasteiger partial charge on any atom is 0.252 e. The molecule has 0 aliphatic heterocycles. The van der Waals surface area contributed by atoms with E-state index in [1.54, 1.807) is 7.11 Å². The molecule has 0 radical (unpaired) electrons. The van der Waals surface area contributed by atoms with Gasteiger partial charge in [-0.25, -0.2) is 4.98 Å². The van der Waals surface area contributed by atoms with E-state index in [9.17, 15) is 0 Å². The first-order valence-electron chi connectivity index (χ1n) is 2.88. The number of aromatic nitrogens is 1. The van der Waals surface area contributed by atoms with Crippen LogP contribution in [0.25, 0.3) is 0 Å². The summed E-state index contributed by atoms with van der Waals surface area (Å²) in [6, 6.07) is 0. The standard InChI is InChI=1S/C6H9NO2S/c1-4-5(3-8-2)9-6(10)7-4/h3H2,1-2H3,(H,7,10). The van der Waals surface area contributed by atoms with Gasteiger partial charge >= 0.3 is 0 Å². The number of oxazole rings is 1. The minimum absolute atomic E-state index is 0.393. The van der Waals surface area contributed by atoms with Gasteiger partial charge in [0, 0.05) is 7.11 Å². The summed E-state index contributed by atoms with van der Waals surface area (Å²) in [4.78, 5) is 3.95. The highest BCUT2D eigenvalue weighted by atomic mass is 32.1. The lowest BCUT2D eigenvalue weighted by atomic mass is 10.4. The van der Waals surface area contributed by atoms with Gasteiger partial charge < -0.3 is 9.15 Å². The van der Waals surface area contributed by atoms with Crippen LogP contribution in [0.5, 0.6) is 0 Å². The van der Waals surface area contributed by atoms with Gasteiger partial charge in [0.1, 0.15) is 6.61 Å². The lowest BCUT2D eigenvalue weighted by Gasteiger charge is -1.91.